The maximum atomic E-state index is 12.4. The molecule has 0 aromatic carbocycles. The largest absolute Gasteiger partial charge is 0.493 e. The number of hydrogen-bond acceptors (Lipinski definition) is 3. The second-order valence-electron chi connectivity index (χ2n) is 2.67. The molecule has 0 saturated heterocycles. The lowest BCUT2D eigenvalue weighted by Gasteiger charge is -2.07. The van der Waals surface area contributed by atoms with Gasteiger partial charge in [0.15, 0.2) is 0 Å². The fourth-order valence-electron chi connectivity index (χ4n) is 1.17. The monoisotopic (exact) mass is 219 g/mol. The van der Waals surface area contributed by atoms with Gasteiger partial charge in [-0.2, -0.15) is 13.2 Å². The number of alkyl halides is 3. The van der Waals surface area contributed by atoms with Crippen LogP contribution in [0.15, 0.2) is 17.5 Å². The lowest BCUT2D eigenvalue weighted by molar-refractivity contribution is -0.136. The van der Waals surface area contributed by atoms with Gasteiger partial charge < -0.3 is 5.11 Å². The Morgan fingerprint density at radius 3 is 2.71 bits per heavy atom. The van der Waals surface area contributed by atoms with E-state index in [1.54, 1.807) is 0 Å². The molecule has 6 heteroatoms. The van der Waals surface area contributed by atoms with Crippen LogP contribution in [0, 0.1) is 0 Å². The van der Waals surface area contributed by atoms with E-state index < -0.39 is 17.6 Å². The maximum absolute atomic E-state index is 12.4. The number of fused-ring (bicyclic) bond motifs is 1. The number of rotatable bonds is 0. The highest BCUT2D eigenvalue weighted by molar-refractivity contribution is 7.16. The van der Waals surface area contributed by atoms with E-state index in [4.69, 9.17) is 5.11 Å². The average molecular weight is 219 g/mol. The van der Waals surface area contributed by atoms with Crippen molar-refractivity contribution in [1.82, 2.24) is 4.98 Å². The zero-order valence-electron chi connectivity index (χ0n) is 6.67. The summed E-state index contributed by atoms with van der Waals surface area (Å²) in [7, 11) is 0. The van der Waals surface area contributed by atoms with Crippen LogP contribution in [0.4, 0.5) is 13.2 Å². The van der Waals surface area contributed by atoms with Crippen LogP contribution in [0.25, 0.3) is 10.2 Å². The van der Waals surface area contributed by atoms with Gasteiger partial charge in [-0.05, 0) is 11.4 Å². The molecule has 0 aliphatic carbocycles. The third-order valence-electron chi connectivity index (χ3n) is 1.73. The van der Waals surface area contributed by atoms with Crippen molar-refractivity contribution in [3.8, 4) is 5.88 Å². The Labute approximate surface area is 80.6 Å². The van der Waals surface area contributed by atoms with Crippen LogP contribution in [-0.4, -0.2) is 10.1 Å². The van der Waals surface area contributed by atoms with Crippen LogP contribution in [0.5, 0.6) is 5.88 Å². The molecule has 74 valence electrons. The molecule has 2 heterocycles. The SMILES string of the molecule is Oc1cc(C(F)(F)F)c2ccsc2n1. The highest BCUT2D eigenvalue weighted by Gasteiger charge is 2.33. The molecule has 0 radical (unpaired) electrons. The molecule has 0 bridgehead atoms. The molecule has 0 spiro atoms. The lowest BCUT2D eigenvalue weighted by Crippen LogP contribution is -2.05. The van der Waals surface area contributed by atoms with Gasteiger partial charge in [-0.25, -0.2) is 4.98 Å². The molecule has 0 atom stereocenters. The van der Waals surface area contributed by atoms with Crippen molar-refractivity contribution >= 4 is 21.6 Å². The van der Waals surface area contributed by atoms with E-state index >= 15 is 0 Å². The highest BCUT2D eigenvalue weighted by atomic mass is 32.1. The van der Waals surface area contributed by atoms with Gasteiger partial charge in [0, 0.05) is 11.5 Å². The summed E-state index contributed by atoms with van der Waals surface area (Å²) in [5, 5.41) is 10.5. The highest BCUT2D eigenvalue weighted by Crippen LogP contribution is 2.37. The summed E-state index contributed by atoms with van der Waals surface area (Å²) in [5.41, 5.74) is -0.846. The molecule has 0 fully saturated rings. The van der Waals surface area contributed by atoms with Crippen molar-refractivity contribution in [3.05, 3.63) is 23.1 Å². The lowest BCUT2D eigenvalue weighted by atomic mass is 10.2. The minimum absolute atomic E-state index is 0.0281. The van der Waals surface area contributed by atoms with Gasteiger partial charge in [-0.3, -0.25) is 0 Å². The molecule has 0 unspecified atom stereocenters. The molecule has 2 nitrogen and oxygen atoms in total. The predicted molar refractivity (Wildman–Crippen MR) is 46.3 cm³/mol. The van der Waals surface area contributed by atoms with Crippen LogP contribution in [-0.2, 0) is 6.18 Å². The molecule has 0 saturated carbocycles. The number of halogens is 3. The van der Waals surface area contributed by atoms with Crippen LogP contribution in [0.3, 0.4) is 0 Å². The van der Waals surface area contributed by atoms with Crippen molar-refractivity contribution in [1.29, 1.82) is 0 Å². The Bertz CT molecular complexity index is 477. The minimum atomic E-state index is -4.46. The molecule has 0 aliphatic heterocycles. The summed E-state index contributed by atoms with van der Waals surface area (Å²) in [4.78, 5) is 3.78. The van der Waals surface area contributed by atoms with Crippen molar-refractivity contribution in [2.24, 2.45) is 0 Å². The summed E-state index contributed by atoms with van der Waals surface area (Å²) in [6.45, 7) is 0. The molecular weight excluding hydrogens is 215 g/mol. The summed E-state index contributed by atoms with van der Waals surface area (Å²) < 4.78 is 37.3. The molecule has 1 N–H and O–H groups in total. The van der Waals surface area contributed by atoms with Crippen molar-refractivity contribution in [2.75, 3.05) is 0 Å². The van der Waals surface area contributed by atoms with Crippen molar-refractivity contribution < 1.29 is 18.3 Å². The summed E-state index contributed by atoms with van der Waals surface area (Å²) in [6, 6.07) is 1.98. The Balaban J connectivity index is 2.80. The Hall–Kier alpha value is -1.30. The molecule has 0 aliphatic rings. The summed E-state index contributed by atoms with van der Waals surface area (Å²) in [5.74, 6) is -0.604. The molecule has 0 amide bonds. The molecule has 2 aromatic rings. The Kier molecular flexibility index (Phi) is 1.88. The number of nitrogens with zero attached hydrogens (tertiary/aromatic N) is 1. The number of aromatic nitrogens is 1. The quantitative estimate of drug-likeness (QED) is 0.738. The van der Waals surface area contributed by atoms with E-state index in [0.29, 0.717) is 6.07 Å². The van der Waals surface area contributed by atoms with Gasteiger partial charge in [-0.1, -0.05) is 0 Å². The van der Waals surface area contributed by atoms with E-state index in [-0.39, 0.29) is 10.2 Å². The first-order chi connectivity index (χ1) is 6.48. The third kappa shape index (κ3) is 1.41. The summed E-state index contributed by atoms with van der Waals surface area (Å²) in [6.07, 6.45) is -4.46. The molecule has 14 heavy (non-hydrogen) atoms. The van der Waals surface area contributed by atoms with Crippen molar-refractivity contribution in [2.45, 2.75) is 6.18 Å². The number of hydrogen-bond donors (Lipinski definition) is 1. The topological polar surface area (TPSA) is 33.1 Å². The van der Waals surface area contributed by atoms with E-state index in [1.165, 1.54) is 11.4 Å². The van der Waals surface area contributed by atoms with E-state index in [0.717, 1.165) is 11.3 Å². The molecule has 2 aromatic heterocycles. The minimum Gasteiger partial charge on any atom is -0.493 e. The normalized spacial score (nSPS) is 12.2. The van der Waals surface area contributed by atoms with Gasteiger partial charge in [-0.15, -0.1) is 11.3 Å². The van der Waals surface area contributed by atoms with Gasteiger partial charge in [0.25, 0.3) is 0 Å². The number of aromatic hydroxyl groups is 1. The number of pyridine rings is 1. The third-order valence-corrected chi connectivity index (χ3v) is 2.54. The van der Waals surface area contributed by atoms with Gasteiger partial charge >= 0.3 is 6.18 Å². The first-order valence-corrected chi connectivity index (χ1v) is 4.51. The maximum Gasteiger partial charge on any atom is 0.417 e. The fraction of sp³-hybridized carbons (Fsp3) is 0.125. The van der Waals surface area contributed by atoms with Gasteiger partial charge in [0.1, 0.15) is 4.83 Å². The molecule has 2 rings (SSSR count). The second kappa shape index (κ2) is 2.84. The summed E-state index contributed by atoms with van der Waals surface area (Å²) >= 11 is 1.06. The van der Waals surface area contributed by atoms with E-state index in [1.807, 2.05) is 0 Å². The standard InChI is InChI=1S/C8H4F3NOS/c9-8(10,11)5-3-6(13)12-7-4(5)1-2-14-7/h1-3H,(H,12,13). The van der Waals surface area contributed by atoms with E-state index in [2.05, 4.69) is 4.98 Å². The molecular formula is C8H4F3NOS. The first kappa shape index (κ1) is 9.26. The van der Waals surface area contributed by atoms with Gasteiger partial charge in [0.2, 0.25) is 5.88 Å². The van der Waals surface area contributed by atoms with Crippen LogP contribution in [0.2, 0.25) is 0 Å². The Morgan fingerprint density at radius 1 is 1.36 bits per heavy atom. The number of thiophene rings is 1. The zero-order valence-corrected chi connectivity index (χ0v) is 7.49. The second-order valence-corrected chi connectivity index (χ2v) is 3.56. The first-order valence-electron chi connectivity index (χ1n) is 3.63. The average Bonchev–Trinajstić information content (AvgIpc) is 2.47. The van der Waals surface area contributed by atoms with Crippen LogP contribution in [0.1, 0.15) is 5.56 Å². The van der Waals surface area contributed by atoms with Crippen LogP contribution >= 0.6 is 11.3 Å². The van der Waals surface area contributed by atoms with Crippen LogP contribution < -0.4 is 0 Å². The predicted octanol–water partition coefficient (Wildman–Crippen LogP) is 3.02. The van der Waals surface area contributed by atoms with Crippen molar-refractivity contribution in [3.63, 3.8) is 0 Å². The zero-order chi connectivity index (χ0) is 10.3. The smallest absolute Gasteiger partial charge is 0.417 e. The fourth-order valence-corrected chi connectivity index (χ4v) is 1.95. The Morgan fingerprint density at radius 2 is 2.07 bits per heavy atom. The van der Waals surface area contributed by atoms with Gasteiger partial charge in [0.05, 0.1) is 5.56 Å². The van der Waals surface area contributed by atoms with E-state index in [9.17, 15) is 13.2 Å².